The summed E-state index contributed by atoms with van der Waals surface area (Å²) in [6.45, 7) is 0. The second-order valence-electron chi connectivity index (χ2n) is 4.56. The highest BCUT2D eigenvalue weighted by molar-refractivity contribution is 7.97. The van der Waals surface area contributed by atoms with E-state index >= 15 is 0 Å². The lowest BCUT2D eigenvalue weighted by molar-refractivity contribution is 0.0845. The fourth-order valence-electron chi connectivity index (χ4n) is 1.84. The van der Waals surface area contributed by atoms with Gasteiger partial charge in [-0.3, -0.25) is 20.4 Å². The van der Waals surface area contributed by atoms with E-state index in [4.69, 9.17) is 0 Å². The van der Waals surface area contributed by atoms with E-state index in [1.54, 1.807) is 36.0 Å². The number of hydrogen-bond donors (Lipinski definition) is 3. The minimum absolute atomic E-state index is 0.0955. The van der Waals surface area contributed by atoms with Crippen molar-refractivity contribution in [3.05, 3.63) is 65.2 Å². The molecular weight excluding hydrogens is 300 g/mol. The Hall–Kier alpha value is -2.47. The molecule has 2 amide bonds. The number of para-hydroxylation sites is 1. The number of hydrogen-bond acceptors (Lipinski definition) is 4. The van der Waals surface area contributed by atoms with Crippen LogP contribution in [0.5, 0.6) is 5.75 Å². The molecule has 0 fully saturated rings. The Kier molecular flexibility index (Phi) is 5.43. The Morgan fingerprint density at radius 1 is 1.00 bits per heavy atom. The first-order chi connectivity index (χ1) is 10.6. The number of aromatic hydroxyl groups is 1. The van der Waals surface area contributed by atoms with Gasteiger partial charge < -0.3 is 5.11 Å². The molecule has 0 heterocycles. The van der Waals surface area contributed by atoms with Crippen molar-refractivity contribution in [2.75, 3.05) is 6.26 Å². The highest BCUT2D eigenvalue weighted by Gasteiger charge is 2.11. The molecule has 0 atom stereocenters. The molecule has 3 N–H and O–H groups in total. The zero-order valence-corrected chi connectivity index (χ0v) is 12.8. The number of carbonyl (C=O) groups excluding carboxylic acids is 2. The number of nitrogens with one attached hydrogen (secondary N) is 2. The van der Waals surface area contributed by atoms with Crippen LogP contribution in [0.1, 0.15) is 26.3 Å². The molecular formula is C16H16N2O3S. The van der Waals surface area contributed by atoms with Gasteiger partial charge in [-0.25, -0.2) is 0 Å². The first kappa shape index (κ1) is 15.9. The number of carbonyl (C=O) groups is 2. The quantitative estimate of drug-likeness (QED) is 0.757. The van der Waals surface area contributed by atoms with Gasteiger partial charge in [0.1, 0.15) is 5.75 Å². The van der Waals surface area contributed by atoms with Crippen molar-refractivity contribution in [1.82, 2.24) is 10.9 Å². The standard InChI is InChI=1S/C16H16N2O3S/c1-22-10-11-6-8-12(9-7-11)15(20)17-18-16(21)13-4-2-3-5-14(13)19/h2-9,19H,10H2,1H3,(H,17,20)(H,18,21). The Balaban J connectivity index is 1.95. The molecule has 2 aromatic carbocycles. The van der Waals surface area contributed by atoms with Crippen molar-refractivity contribution in [2.24, 2.45) is 0 Å². The predicted molar refractivity (Wildman–Crippen MR) is 86.7 cm³/mol. The minimum atomic E-state index is -0.578. The molecule has 2 rings (SSSR count). The fourth-order valence-corrected chi connectivity index (χ4v) is 2.36. The van der Waals surface area contributed by atoms with Gasteiger partial charge in [0.2, 0.25) is 0 Å². The van der Waals surface area contributed by atoms with Crippen LogP contribution < -0.4 is 10.9 Å². The summed E-state index contributed by atoms with van der Waals surface area (Å²) >= 11 is 1.70. The summed E-state index contributed by atoms with van der Waals surface area (Å²) in [6.07, 6.45) is 2.01. The molecule has 0 radical (unpaired) electrons. The van der Waals surface area contributed by atoms with Gasteiger partial charge in [-0.15, -0.1) is 0 Å². The third-order valence-electron chi connectivity index (χ3n) is 2.97. The molecule has 0 bridgehead atoms. The lowest BCUT2D eigenvalue weighted by Crippen LogP contribution is -2.41. The van der Waals surface area contributed by atoms with Gasteiger partial charge in [0.25, 0.3) is 11.8 Å². The van der Waals surface area contributed by atoms with Gasteiger partial charge >= 0.3 is 0 Å². The largest absolute Gasteiger partial charge is 0.507 e. The van der Waals surface area contributed by atoms with E-state index in [-0.39, 0.29) is 11.3 Å². The molecule has 0 aromatic heterocycles. The summed E-state index contributed by atoms with van der Waals surface area (Å²) in [5.41, 5.74) is 6.27. The number of phenols is 1. The first-order valence-electron chi connectivity index (χ1n) is 6.58. The van der Waals surface area contributed by atoms with Crippen molar-refractivity contribution in [3.63, 3.8) is 0 Å². The van der Waals surface area contributed by atoms with Gasteiger partial charge in [0.05, 0.1) is 5.56 Å². The van der Waals surface area contributed by atoms with E-state index < -0.39 is 11.8 Å². The first-order valence-corrected chi connectivity index (χ1v) is 7.97. The third kappa shape index (κ3) is 4.02. The lowest BCUT2D eigenvalue weighted by atomic mass is 10.1. The summed E-state index contributed by atoms with van der Waals surface area (Å²) in [6, 6.07) is 13.3. The fraction of sp³-hybridized carbons (Fsp3) is 0.125. The van der Waals surface area contributed by atoms with E-state index in [0.717, 1.165) is 11.3 Å². The third-order valence-corrected chi connectivity index (χ3v) is 3.59. The van der Waals surface area contributed by atoms with Gasteiger partial charge in [-0.05, 0) is 36.1 Å². The Morgan fingerprint density at radius 2 is 1.64 bits per heavy atom. The van der Waals surface area contributed by atoms with Crippen molar-refractivity contribution in [3.8, 4) is 5.75 Å². The highest BCUT2D eigenvalue weighted by atomic mass is 32.2. The summed E-state index contributed by atoms with van der Waals surface area (Å²) in [5, 5.41) is 9.57. The monoisotopic (exact) mass is 316 g/mol. The molecule has 0 saturated heterocycles. The molecule has 0 aliphatic heterocycles. The Bertz CT molecular complexity index is 671. The highest BCUT2D eigenvalue weighted by Crippen LogP contribution is 2.14. The average molecular weight is 316 g/mol. The summed E-state index contributed by atoms with van der Waals surface area (Å²) in [7, 11) is 0. The van der Waals surface area contributed by atoms with Crippen LogP contribution in [0.4, 0.5) is 0 Å². The number of rotatable bonds is 4. The molecule has 2 aromatic rings. The maximum atomic E-state index is 11.9. The molecule has 0 spiro atoms. The molecule has 114 valence electrons. The molecule has 6 heteroatoms. The normalized spacial score (nSPS) is 10.0. The van der Waals surface area contributed by atoms with Crippen LogP contribution in [0.2, 0.25) is 0 Å². The topological polar surface area (TPSA) is 78.4 Å². The summed E-state index contributed by atoms with van der Waals surface area (Å²) < 4.78 is 0. The molecule has 22 heavy (non-hydrogen) atoms. The summed E-state index contributed by atoms with van der Waals surface area (Å²) in [5.74, 6) is -0.257. The second kappa shape index (κ2) is 7.51. The van der Waals surface area contributed by atoms with Gasteiger partial charge in [0, 0.05) is 11.3 Å². The van der Waals surface area contributed by atoms with Crippen LogP contribution in [-0.2, 0) is 5.75 Å². The zero-order chi connectivity index (χ0) is 15.9. The number of amides is 2. The van der Waals surface area contributed by atoms with Crippen LogP contribution in [-0.4, -0.2) is 23.2 Å². The van der Waals surface area contributed by atoms with Crippen molar-refractivity contribution in [2.45, 2.75) is 5.75 Å². The average Bonchev–Trinajstić information content (AvgIpc) is 2.54. The smallest absolute Gasteiger partial charge is 0.273 e. The maximum absolute atomic E-state index is 11.9. The summed E-state index contributed by atoms with van der Waals surface area (Å²) in [4.78, 5) is 23.8. The SMILES string of the molecule is CSCc1ccc(C(=O)NNC(=O)c2ccccc2O)cc1. The van der Waals surface area contributed by atoms with Crippen LogP contribution in [0.3, 0.4) is 0 Å². The van der Waals surface area contributed by atoms with Gasteiger partial charge in [-0.2, -0.15) is 11.8 Å². The van der Waals surface area contributed by atoms with E-state index in [1.165, 1.54) is 12.1 Å². The van der Waals surface area contributed by atoms with Crippen molar-refractivity contribution >= 4 is 23.6 Å². The van der Waals surface area contributed by atoms with Crippen molar-refractivity contribution < 1.29 is 14.7 Å². The number of thioether (sulfide) groups is 1. The lowest BCUT2D eigenvalue weighted by Gasteiger charge is -2.08. The Morgan fingerprint density at radius 3 is 2.27 bits per heavy atom. The van der Waals surface area contributed by atoms with Gasteiger partial charge in [0.15, 0.2) is 0 Å². The maximum Gasteiger partial charge on any atom is 0.273 e. The van der Waals surface area contributed by atoms with E-state index in [1.807, 2.05) is 18.4 Å². The van der Waals surface area contributed by atoms with E-state index in [9.17, 15) is 14.7 Å². The van der Waals surface area contributed by atoms with Gasteiger partial charge in [-0.1, -0.05) is 24.3 Å². The van der Waals surface area contributed by atoms with E-state index in [0.29, 0.717) is 5.56 Å². The Labute approximate surface area is 132 Å². The molecule has 5 nitrogen and oxygen atoms in total. The number of phenolic OH excluding ortho intramolecular Hbond substituents is 1. The molecule has 0 saturated carbocycles. The van der Waals surface area contributed by atoms with Crippen LogP contribution in [0, 0.1) is 0 Å². The van der Waals surface area contributed by atoms with E-state index in [2.05, 4.69) is 10.9 Å². The zero-order valence-electron chi connectivity index (χ0n) is 12.0. The number of benzene rings is 2. The second-order valence-corrected chi connectivity index (χ2v) is 5.42. The van der Waals surface area contributed by atoms with Crippen LogP contribution in [0.25, 0.3) is 0 Å². The van der Waals surface area contributed by atoms with Crippen LogP contribution in [0.15, 0.2) is 48.5 Å². The van der Waals surface area contributed by atoms with Crippen molar-refractivity contribution in [1.29, 1.82) is 0 Å². The molecule has 0 aliphatic rings. The predicted octanol–water partition coefficient (Wildman–Crippen LogP) is 2.33. The minimum Gasteiger partial charge on any atom is -0.507 e. The molecule has 0 aliphatic carbocycles. The molecule has 0 unspecified atom stereocenters. The number of hydrazine groups is 1. The van der Waals surface area contributed by atoms with Crippen LogP contribution >= 0.6 is 11.8 Å².